The van der Waals surface area contributed by atoms with E-state index in [-0.39, 0.29) is 25.7 Å². The van der Waals surface area contributed by atoms with E-state index in [1.54, 1.807) is 39.2 Å². The van der Waals surface area contributed by atoms with Gasteiger partial charge < -0.3 is 19.9 Å². The number of nitrogens with zero attached hydrogens (tertiary/aromatic N) is 4. The number of pyridine rings is 1. The quantitative estimate of drug-likeness (QED) is 0.241. The van der Waals surface area contributed by atoms with Crippen LogP contribution in [0.4, 0.5) is 0 Å². The number of hydrogen-bond donors (Lipinski definition) is 1. The molecule has 0 fully saturated rings. The summed E-state index contributed by atoms with van der Waals surface area (Å²) in [4.78, 5) is 22.5. The Kier molecular flexibility index (Phi) is 7.38. The summed E-state index contributed by atoms with van der Waals surface area (Å²) in [6.45, 7) is 9.20. The average Bonchev–Trinajstić information content (AvgIpc) is 3.19. The highest BCUT2D eigenvalue weighted by atomic mass is 35.5. The molecule has 0 amide bonds. The smallest absolute Gasteiger partial charge is 0.314 e. The van der Waals surface area contributed by atoms with Gasteiger partial charge in [-0.25, -0.2) is 0 Å². The number of aromatic nitrogens is 1. The molecule has 184 valence electrons. The van der Waals surface area contributed by atoms with Crippen LogP contribution in [0.15, 0.2) is 35.7 Å². The van der Waals surface area contributed by atoms with Gasteiger partial charge in [0.1, 0.15) is 12.7 Å². The SMILES string of the molecule is Cc1ncc2c(c1C(C)(CCO/N=[N+](/[O-])N(C)C(C)(C)C)C(=O)O)CO[C@H]2c1ccc(Cl)cc1. The second-order valence-corrected chi connectivity index (χ2v) is 10.1. The molecule has 3 rings (SSSR count). The number of aryl methyl sites for hydroxylation is 1. The van der Waals surface area contributed by atoms with E-state index < -0.39 is 16.9 Å². The van der Waals surface area contributed by atoms with Crippen LogP contribution in [-0.4, -0.2) is 45.2 Å². The number of rotatable bonds is 8. The van der Waals surface area contributed by atoms with E-state index >= 15 is 0 Å². The van der Waals surface area contributed by atoms with Crippen LogP contribution in [0.3, 0.4) is 0 Å². The van der Waals surface area contributed by atoms with Crippen LogP contribution in [0.1, 0.15) is 68.2 Å². The predicted octanol–water partition coefficient (Wildman–Crippen LogP) is 4.93. The third-order valence-electron chi connectivity index (χ3n) is 6.33. The summed E-state index contributed by atoms with van der Waals surface area (Å²) in [6, 6.07) is 7.35. The highest BCUT2D eigenvalue weighted by molar-refractivity contribution is 6.30. The van der Waals surface area contributed by atoms with Gasteiger partial charge in [-0.1, -0.05) is 23.7 Å². The number of fused-ring (bicyclic) bond motifs is 1. The number of hydrogen-bond acceptors (Lipinski definition) is 6. The molecule has 0 spiro atoms. The first-order chi connectivity index (χ1) is 15.9. The minimum Gasteiger partial charge on any atom is -0.569 e. The maximum absolute atomic E-state index is 12.5. The topological polar surface area (TPSA) is 110 Å². The van der Waals surface area contributed by atoms with Crippen LogP contribution >= 0.6 is 11.6 Å². The van der Waals surface area contributed by atoms with Crippen molar-refractivity contribution in [3.8, 4) is 0 Å². The molecule has 10 heteroatoms. The molecule has 2 aromatic rings. The second-order valence-electron chi connectivity index (χ2n) is 9.64. The number of ether oxygens (including phenoxy) is 1. The van der Waals surface area contributed by atoms with E-state index in [2.05, 4.69) is 10.3 Å². The van der Waals surface area contributed by atoms with Crippen molar-refractivity contribution in [3.63, 3.8) is 0 Å². The summed E-state index contributed by atoms with van der Waals surface area (Å²) >= 11 is 6.02. The van der Waals surface area contributed by atoms with E-state index in [1.165, 1.54) is 5.01 Å². The van der Waals surface area contributed by atoms with Crippen LogP contribution in [0.25, 0.3) is 0 Å². The average molecular weight is 491 g/mol. The van der Waals surface area contributed by atoms with Crippen molar-refractivity contribution in [2.75, 3.05) is 13.7 Å². The first kappa shape index (κ1) is 25.7. The molecule has 34 heavy (non-hydrogen) atoms. The summed E-state index contributed by atoms with van der Waals surface area (Å²) in [5.41, 5.74) is 2.00. The fraction of sp³-hybridized carbons (Fsp3) is 0.500. The first-order valence-corrected chi connectivity index (χ1v) is 11.4. The number of hydrazine groups is 1. The Hall–Kier alpha value is -2.91. The van der Waals surface area contributed by atoms with Gasteiger partial charge in [0.25, 0.3) is 0 Å². The summed E-state index contributed by atoms with van der Waals surface area (Å²) in [7, 11) is 1.60. The minimum absolute atomic E-state index is 0.0654. The molecule has 0 saturated carbocycles. The third-order valence-corrected chi connectivity index (χ3v) is 6.58. The predicted molar refractivity (Wildman–Crippen MR) is 126 cm³/mol. The highest BCUT2D eigenvalue weighted by Crippen LogP contribution is 2.43. The maximum Gasteiger partial charge on any atom is 0.314 e. The van der Waals surface area contributed by atoms with Crippen molar-refractivity contribution in [1.82, 2.24) is 9.99 Å². The zero-order chi connectivity index (χ0) is 25.3. The Morgan fingerprint density at radius 2 is 2.00 bits per heavy atom. The van der Waals surface area contributed by atoms with E-state index in [4.69, 9.17) is 21.2 Å². The zero-order valence-electron chi connectivity index (χ0n) is 20.3. The van der Waals surface area contributed by atoms with Crippen molar-refractivity contribution >= 4 is 17.6 Å². The number of carbonyl (C=O) groups is 1. The van der Waals surface area contributed by atoms with Gasteiger partial charge in [-0.2, -0.15) is 0 Å². The molecular formula is C24H31ClN4O5. The molecule has 0 radical (unpaired) electrons. The van der Waals surface area contributed by atoms with Gasteiger partial charge in [0, 0.05) is 28.9 Å². The van der Waals surface area contributed by atoms with E-state index in [0.29, 0.717) is 21.2 Å². The van der Waals surface area contributed by atoms with Gasteiger partial charge in [-0.15, -0.1) is 5.01 Å². The van der Waals surface area contributed by atoms with Gasteiger partial charge in [-0.3, -0.25) is 9.78 Å². The number of carboxylic acid groups (broad SMARTS) is 1. The molecule has 0 saturated heterocycles. The van der Waals surface area contributed by atoms with E-state index in [1.807, 2.05) is 32.9 Å². The van der Waals surface area contributed by atoms with Crippen LogP contribution in [0.2, 0.25) is 5.02 Å². The first-order valence-electron chi connectivity index (χ1n) is 11.0. The molecule has 1 N–H and O–H groups in total. The van der Waals surface area contributed by atoms with Crippen molar-refractivity contribution in [2.45, 2.75) is 64.7 Å². The van der Waals surface area contributed by atoms with Gasteiger partial charge in [0.05, 0.1) is 29.6 Å². The van der Waals surface area contributed by atoms with E-state index in [0.717, 1.165) is 16.7 Å². The molecule has 1 aromatic heterocycles. The summed E-state index contributed by atoms with van der Waals surface area (Å²) in [5.74, 6) is -1.02. The molecule has 0 aliphatic carbocycles. The van der Waals surface area contributed by atoms with Crippen molar-refractivity contribution in [2.24, 2.45) is 5.28 Å². The van der Waals surface area contributed by atoms with Crippen LogP contribution < -0.4 is 0 Å². The Morgan fingerprint density at radius 3 is 2.59 bits per heavy atom. The molecule has 2 atom stereocenters. The summed E-state index contributed by atoms with van der Waals surface area (Å²) < 4.78 is 6.06. The lowest BCUT2D eigenvalue weighted by Gasteiger charge is -2.28. The van der Waals surface area contributed by atoms with Gasteiger partial charge in [0.2, 0.25) is 5.28 Å². The fourth-order valence-corrected chi connectivity index (χ4v) is 4.07. The van der Waals surface area contributed by atoms with Crippen molar-refractivity contribution in [3.05, 3.63) is 68.6 Å². The molecule has 1 aromatic carbocycles. The molecular weight excluding hydrogens is 460 g/mol. The molecule has 0 bridgehead atoms. The second kappa shape index (κ2) is 9.76. The van der Waals surface area contributed by atoms with Gasteiger partial charge in [-0.05, 0) is 63.4 Å². The Morgan fingerprint density at radius 1 is 1.35 bits per heavy atom. The molecule has 1 unspecified atom stereocenters. The lowest BCUT2D eigenvalue weighted by molar-refractivity contribution is -0.719. The monoisotopic (exact) mass is 490 g/mol. The van der Waals surface area contributed by atoms with Crippen LogP contribution in [-0.2, 0) is 26.4 Å². The molecule has 1 aliphatic rings. The summed E-state index contributed by atoms with van der Waals surface area (Å²) in [6.07, 6.45) is 1.47. The largest absolute Gasteiger partial charge is 0.569 e. The normalized spacial score (nSPS) is 17.7. The molecule has 9 nitrogen and oxygen atoms in total. The fourth-order valence-electron chi connectivity index (χ4n) is 3.95. The van der Waals surface area contributed by atoms with Crippen molar-refractivity contribution in [1.29, 1.82) is 0 Å². The van der Waals surface area contributed by atoms with Gasteiger partial charge in [0.15, 0.2) is 0 Å². The number of carboxylic acids is 1. The minimum atomic E-state index is -1.32. The van der Waals surface area contributed by atoms with E-state index in [9.17, 15) is 15.1 Å². The lowest BCUT2D eigenvalue weighted by Crippen LogP contribution is -2.42. The zero-order valence-corrected chi connectivity index (χ0v) is 21.1. The lowest BCUT2D eigenvalue weighted by atomic mass is 9.75. The standard InChI is InChI=1S/C24H31ClN4O5/c1-15-20(19-14-33-21(18(19)13-26-15)16-7-9-17(25)10-8-16)24(5,22(30)31)11-12-34-27-29(32)28(6)23(2,3)4/h7-10,13,21H,11-12,14H2,1-6H3,(H,30,31)/b29-27+/t21-,24?/m0/s1. The number of benzene rings is 1. The van der Waals surface area contributed by atoms with Crippen molar-refractivity contribution < 1.29 is 24.4 Å². The highest BCUT2D eigenvalue weighted by Gasteiger charge is 2.42. The molecule has 1 aliphatic heterocycles. The van der Waals surface area contributed by atoms with Crippen LogP contribution in [0, 0.1) is 12.1 Å². The Labute approximate surface area is 204 Å². The third kappa shape index (κ3) is 5.10. The summed E-state index contributed by atoms with van der Waals surface area (Å²) in [5, 5.41) is 27.9. The maximum atomic E-state index is 12.5. The number of halogens is 1. The molecule has 2 heterocycles. The Bertz CT molecular complexity index is 1080. The van der Waals surface area contributed by atoms with Gasteiger partial charge >= 0.3 is 5.97 Å². The van der Waals surface area contributed by atoms with Crippen LogP contribution in [0.5, 0.6) is 0 Å². The Balaban J connectivity index is 1.87. The number of aliphatic carboxylic acids is 1.